The Labute approximate surface area is 309 Å². The van der Waals surface area contributed by atoms with Gasteiger partial charge in [0.05, 0.1) is 12.1 Å². The van der Waals surface area contributed by atoms with E-state index in [4.69, 9.17) is 4.74 Å². The second kappa shape index (κ2) is 18.8. The van der Waals surface area contributed by atoms with Gasteiger partial charge in [0.15, 0.2) is 0 Å². The van der Waals surface area contributed by atoms with Gasteiger partial charge >= 0.3 is 6.09 Å². The maximum absolute atomic E-state index is 13.5. The number of hydrogen-bond acceptors (Lipinski definition) is 5. The van der Waals surface area contributed by atoms with Crippen LogP contribution in [0.2, 0.25) is 0 Å². The van der Waals surface area contributed by atoms with Crippen LogP contribution in [0.5, 0.6) is 0 Å². The molecule has 2 amide bonds. The zero-order valence-electron chi connectivity index (χ0n) is 32.1. The fourth-order valence-corrected chi connectivity index (χ4v) is 12.4. The summed E-state index contributed by atoms with van der Waals surface area (Å²) in [6.45, 7) is 2.81. The van der Waals surface area contributed by atoms with Gasteiger partial charge in [-0.15, -0.1) is 0 Å². The SMILES string of the molecule is CCCCCC1CC(/C=C(\C#N)C(=O)NCCCC2CCCCCC23CCCC3)CCC(O)C1NC(=O)OC1CCCC2C3CCCC(C1)C2C3. The Morgan fingerprint density at radius 2 is 1.59 bits per heavy atom. The van der Waals surface area contributed by atoms with Crippen molar-refractivity contribution in [2.75, 3.05) is 6.54 Å². The van der Waals surface area contributed by atoms with Crippen LogP contribution in [-0.4, -0.2) is 41.9 Å². The highest BCUT2D eigenvalue weighted by Crippen LogP contribution is 2.56. The number of amides is 2. The highest BCUT2D eigenvalue weighted by Gasteiger charge is 2.48. The molecular formula is C44H71N3O4. The Morgan fingerprint density at radius 3 is 2.37 bits per heavy atom. The van der Waals surface area contributed by atoms with E-state index in [1.165, 1.54) is 96.3 Å². The molecular weight excluding hydrogens is 635 g/mol. The molecule has 6 saturated carbocycles. The van der Waals surface area contributed by atoms with Crippen LogP contribution >= 0.6 is 0 Å². The molecule has 6 fully saturated rings. The highest BCUT2D eigenvalue weighted by molar-refractivity contribution is 5.97. The van der Waals surface area contributed by atoms with Gasteiger partial charge in [0, 0.05) is 6.54 Å². The molecule has 3 N–H and O–H groups in total. The van der Waals surface area contributed by atoms with Crippen LogP contribution in [0, 0.1) is 58.2 Å². The molecule has 0 aliphatic heterocycles. The lowest BCUT2D eigenvalue weighted by atomic mass is 9.57. The summed E-state index contributed by atoms with van der Waals surface area (Å²) >= 11 is 0. The van der Waals surface area contributed by atoms with Crippen molar-refractivity contribution in [3.8, 4) is 6.07 Å². The molecule has 10 atom stereocenters. The normalized spacial score (nSPS) is 36.6. The molecule has 0 saturated heterocycles. The van der Waals surface area contributed by atoms with Crippen molar-refractivity contribution in [3.63, 3.8) is 0 Å². The molecule has 10 unspecified atom stereocenters. The van der Waals surface area contributed by atoms with Gasteiger partial charge in [0.2, 0.25) is 0 Å². The van der Waals surface area contributed by atoms with Crippen LogP contribution in [0.3, 0.4) is 0 Å². The molecule has 6 rings (SSSR count). The summed E-state index contributed by atoms with van der Waals surface area (Å²) in [5.74, 6) is 3.94. The lowest BCUT2D eigenvalue weighted by Crippen LogP contribution is -2.49. The predicted molar refractivity (Wildman–Crippen MR) is 202 cm³/mol. The minimum Gasteiger partial charge on any atom is -0.446 e. The third-order valence-electron chi connectivity index (χ3n) is 15.2. The van der Waals surface area contributed by atoms with Crippen LogP contribution in [0.15, 0.2) is 11.6 Å². The van der Waals surface area contributed by atoms with E-state index in [2.05, 4.69) is 23.6 Å². The topological polar surface area (TPSA) is 111 Å². The van der Waals surface area contributed by atoms with Crippen molar-refractivity contribution >= 4 is 12.0 Å². The number of alkyl carbamates (subject to hydrolysis) is 1. The molecule has 7 heteroatoms. The average molecular weight is 706 g/mol. The predicted octanol–water partition coefficient (Wildman–Crippen LogP) is 9.92. The molecule has 51 heavy (non-hydrogen) atoms. The number of carbonyl (C=O) groups excluding carboxylic acids is 2. The zero-order chi connectivity index (χ0) is 35.6. The van der Waals surface area contributed by atoms with Gasteiger partial charge in [-0.3, -0.25) is 4.79 Å². The first-order valence-corrected chi connectivity index (χ1v) is 21.9. The van der Waals surface area contributed by atoms with Gasteiger partial charge in [0.1, 0.15) is 17.7 Å². The molecule has 0 aromatic heterocycles. The van der Waals surface area contributed by atoms with E-state index < -0.39 is 6.10 Å². The standard InChI is InChI=1S/C44H71N3O4/c1-2-3-5-13-34-26-31(27-35(30-45)42(49)46-25-12-17-36-16-6-4-7-22-44(36)23-8-9-24-44)20-21-40(48)41(34)47-43(50)51-37-18-11-19-38-33-15-10-14-32(28-37)39(38)29-33/h27,31-34,36-41,48H,2-26,28-29H2,1H3,(H,46,49)(H,47,50)/b35-27+. The molecule has 0 radical (unpaired) electrons. The summed E-state index contributed by atoms with van der Waals surface area (Å²) in [5.41, 5.74) is 0.740. The molecule has 286 valence electrons. The van der Waals surface area contributed by atoms with Gasteiger partial charge in [-0.1, -0.05) is 83.6 Å². The highest BCUT2D eigenvalue weighted by atomic mass is 16.6. The quantitative estimate of drug-likeness (QED) is 0.0810. The number of nitrogens with one attached hydrogen (secondary N) is 2. The van der Waals surface area contributed by atoms with Crippen molar-refractivity contribution in [3.05, 3.63) is 11.6 Å². The third kappa shape index (κ3) is 9.93. The van der Waals surface area contributed by atoms with Crippen molar-refractivity contribution < 1.29 is 19.4 Å². The Morgan fingerprint density at radius 1 is 0.824 bits per heavy atom. The number of hydrogen-bond donors (Lipinski definition) is 3. The van der Waals surface area contributed by atoms with E-state index in [-0.39, 0.29) is 41.6 Å². The van der Waals surface area contributed by atoms with E-state index in [9.17, 15) is 20.0 Å². The molecule has 4 bridgehead atoms. The molecule has 0 aromatic rings. The summed E-state index contributed by atoms with van der Waals surface area (Å²) in [4.78, 5) is 26.8. The Kier molecular flexibility index (Phi) is 14.2. The van der Waals surface area contributed by atoms with Crippen molar-refractivity contribution in [1.29, 1.82) is 5.26 Å². The van der Waals surface area contributed by atoms with Gasteiger partial charge < -0.3 is 20.5 Å². The first kappa shape index (κ1) is 38.6. The number of allylic oxidation sites excluding steroid dienone is 1. The lowest BCUT2D eigenvalue weighted by molar-refractivity contribution is -0.117. The molecule has 6 aliphatic carbocycles. The van der Waals surface area contributed by atoms with E-state index >= 15 is 0 Å². The van der Waals surface area contributed by atoms with Crippen LogP contribution in [0.4, 0.5) is 4.79 Å². The summed E-state index contributed by atoms with van der Waals surface area (Å²) in [6.07, 6.45) is 31.1. The smallest absolute Gasteiger partial charge is 0.407 e. The van der Waals surface area contributed by atoms with Gasteiger partial charge in [-0.2, -0.15) is 5.26 Å². The van der Waals surface area contributed by atoms with Crippen LogP contribution < -0.4 is 10.6 Å². The molecule has 6 aliphatic rings. The molecule has 7 nitrogen and oxygen atoms in total. The summed E-state index contributed by atoms with van der Waals surface area (Å²) in [6, 6.07) is 1.82. The fourth-order valence-electron chi connectivity index (χ4n) is 12.4. The van der Waals surface area contributed by atoms with E-state index in [0.717, 1.165) is 81.5 Å². The minimum atomic E-state index is -0.680. The average Bonchev–Trinajstić information content (AvgIpc) is 3.21. The van der Waals surface area contributed by atoms with Gasteiger partial charge in [-0.05, 0) is 143 Å². The maximum Gasteiger partial charge on any atom is 0.407 e. The number of ether oxygens (including phenoxy) is 1. The van der Waals surface area contributed by atoms with E-state index in [0.29, 0.717) is 30.7 Å². The summed E-state index contributed by atoms with van der Waals surface area (Å²) in [5, 5.41) is 27.8. The number of nitrogens with zero attached hydrogens (tertiary/aromatic N) is 1. The van der Waals surface area contributed by atoms with E-state index in [1.807, 2.05) is 6.08 Å². The zero-order valence-corrected chi connectivity index (χ0v) is 32.1. The first-order chi connectivity index (χ1) is 24.9. The maximum atomic E-state index is 13.5. The fraction of sp³-hybridized carbons (Fsp3) is 0.886. The second-order valence-electron chi connectivity index (χ2n) is 18.2. The van der Waals surface area contributed by atoms with Gasteiger partial charge in [-0.25, -0.2) is 4.79 Å². The van der Waals surface area contributed by atoms with Crippen molar-refractivity contribution in [1.82, 2.24) is 10.6 Å². The van der Waals surface area contributed by atoms with Crippen LogP contribution in [0.25, 0.3) is 0 Å². The lowest BCUT2D eigenvalue weighted by Gasteiger charge is -2.48. The number of aliphatic hydroxyl groups is 1. The Hall–Kier alpha value is -2.07. The molecule has 1 spiro atoms. The van der Waals surface area contributed by atoms with Gasteiger partial charge in [0.25, 0.3) is 5.91 Å². The number of rotatable bonds is 12. The number of unbranched alkanes of at least 4 members (excludes halogenated alkanes) is 2. The van der Waals surface area contributed by atoms with Crippen LogP contribution in [-0.2, 0) is 9.53 Å². The minimum absolute atomic E-state index is 0.00259. The summed E-state index contributed by atoms with van der Waals surface area (Å²) < 4.78 is 6.18. The number of nitriles is 1. The number of aliphatic hydroxyl groups excluding tert-OH is 1. The molecule has 0 heterocycles. The second-order valence-corrected chi connectivity index (χ2v) is 18.2. The third-order valence-corrected chi connectivity index (χ3v) is 15.2. The largest absolute Gasteiger partial charge is 0.446 e. The Balaban J connectivity index is 1.02. The first-order valence-electron chi connectivity index (χ1n) is 21.9. The van der Waals surface area contributed by atoms with Crippen molar-refractivity contribution in [2.24, 2.45) is 46.8 Å². The van der Waals surface area contributed by atoms with Crippen molar-refractivity contribution in [2.45, 2.75) is 192 Å². The Bertz CT molecular complexity index is 1210. The monoisotopic (exact) mass is 706 g/mol. The van der Waals surface area contributed by atoms with Crippen LogP contribution in [0.1, 0.15) is 174 Å². The molecule has 0 aromatic carbocycles. The number of carbonyl (C=O) groups is 2. The van der Waals surface area contributed by atoms with E-state index in [1.54, 1.807) is 0 Å². The summed E-state index contributed by atoms with van der Waals surface area (Å²) in [7, 11) is 0.